The third-order valence-corrected chi connectivity index (χ3v) is 26.3. The molecule has 4 heteroatoms. The topological polar surface area (TPSA) is 0 Å². The molecule has 0 aromatic heterocycles. The summed E-state index contributed by atoms with van der Waals surface area (Å²) in [5.41, 5.74) is 3.86. The van der Waals surface area contributed by atoms with Crippen molar-refractivity contribution in [2.24, 2.45) is 0 Å². The van der Waals surface area contributed by atoms with Crippen LogP contribution in [0.3, 0.4) is 0 Å². The number of benzene rings is 1. The van der Waals surface area contributed by atoms with Gasteiger partial charge in [0.1, 0.15) is 0 Å². The van der Waals surface area contributed by atoms with Crippen LogP contribution in [0, 0.1) is 5.82 Å². The van der Waals surface area contributed by atoms with Crippen LogP contribution < -0.4 is 0 Å². The fourth-order valence-electron chi connectivity index (χ4n) is 3.81. The Balaban J connectivity index is 3.48. The first-order valence-corrected chi connectivity index (χ1v) is 24.1. The predicted octanol–water partition coefficient (Wildman–Crippen LogP) is 8.09. The zero-order valence-corrected chi connectivity index (χ0v) is 23.5. The fraction of sp³-hybridized carbons (Fsp3) is 0.652. The Morgan fingerprint density at radius 2 is 1.48 bits per heavy atom. The van der Waals surface area contributed by atoms with Crippen LogP contribution >= 0.6 is 0 Å². The van der Waals surface area contributed by atoms with E-state index < -0.39 is 26.0 Å². The monoisotopic (exact) mass is 512 g/mol. The molecule has 0 unspecified atom stereocenters. The third-order valence-electron chi connectivity index (χ3n) is 5.38. The molecular weight excluding hydrogens is 470 g/mol. The number of hydrogen-bond acceptors (Lipinski definition) is 0. The average molecular weight is 511 g/mol. The molecule has 0 aliphatic rings. The summed E-state index contributed by atoms with van der Waals surface area (Å²) in [5, 5.41) is 0. The van der Waals surface area contributed by atoms with Crippen molar-refractivity contribution in [1.29, 1.82) is 0 Å². The van der Waals surface area contributed by atoms with Crippen LogP contribution in [0.4, 0.5) is 4.39 Å². The summed E-state index contributed by atoms with van der Waals surface area (Å²) in [6.07, 6.45) is 7.90. The van der Waals surface area contributed by atoms with Gasteiger partial charge in [0.15, 0.2) is 0 Å². The van der Waals surface area contributed by atoms with Crippen LogP contribution in [0.5, 0.6) is 0 Å². The molecule has 27 heavy (non-hydrogen) atoms. The van der Waals surface area contributed by atoms with Crippen molar-refractivity contribution in [3.8, 4) is 0 Å². The molecule has 0 aliphatic carbocycles. The van der Waals surface area contributed by atoms with E-state index in [1.807, 2.05) is 12.1 Å². The second-order valence-electron chi connectivity index (χ2n) is 9.05. The van der Waals surface area contributed by atoms with Crippen molar-refractivity contribution in [2.45, 2.75) is 92.2 Å². The molecular formula is C23H41FSi2Sn. The van der Waals surface area contributed by atoms with E-state index in [-0.39, 0.29) is 5.82 Å². The molecule has 0 heterocycles. The van der Waals surface area contributed by atoms with Gasteiger partial charge >= 0.3 is 177 Å². The first-order chi connectivity index (χ1) is 12.8. The van der Waals surface area contributed by atoms with Gasteiger partial charge < -0.3 is 0 Å². The number of halogens is 1. The molecule has 0 aliphatic heterocycles. The molecule has 0 atom stereocenters. The van der Waals surface area contributed by atoms with Crippen molar-refractivity contribution in [3.63, 3.8) is 0 Å². The normalized spacial score (nSPS) is 13.2. The quantitative estimate of drug-likeness (QED) is 0.235. The minimum atomic E-state index is -2.57. The molecule has 0 spiro atoms. The van der Waals surface area contributed by atoms with E-state index in [0.29, 0.717) is 0 Å². The predicted molar refractivity (Wildman–Crippen MR) is 128 cm³/mol. The fourth-order valence-corrected chi connectivity index (χ4v) is 26.5. The number of hydrogen-bond donors (Lipinski definition) is 0. The number of unbranched alkanes of at least 4 members (excludes halogenated alkanes) is 3. The maximum atomic E-state index is 14.2. The van der Waals surface area contributed by atoms with E-state index in [1.54, 1.807) is 9.66 Å². The summed E-state index contributed by atoms with van der Waals surface area (Å²) in [7, 11) is -0.208. The Morgan fingerprint density at radius 3 is 1.89 bits per heavy atom. The van der Waals surface area contributed by atoms with Gasteiger partial charge in [-0.2, -0.15) is 0 Å². The molecule has 0 bridgehead atoms. The second kappa shape index (κ2) is 12.6. The molecule has 152 valence electrons. The van der Waals surface area contributed by atoms with Gasteiger partial charge in [-0.1, -0.05) is 0 Å². The van der Waals surface area contributed by atoms with Gasteiger partial charge in [0.05, 0.1) is 0 Å². The maximum absolute atomic E-state index is 14.2. The Hall–Kier alpha value is 0.122. The SMILES string of the molecule is CCC[CH2][Sn]([CH2]CCC)([CH2]CCC)/[C](=C\[Si][Si](C)(C)C)c1cccc(F)c1. The molecule has 0 saturated carbocycles. The summed E-state index contributed by atoms with van der Waals surface area (Å²) < 4.78 is 20.2. The van der Waals surface area contributed by atoms with Crippen molar-refractivity contribution >= 4 is 38.6 Å². The summed E-state index contributed by atoms with van der Waals surface area (Å²) in [6.45, 7) is 14.4. The first-order valence-electron chi connectivity index (χ1n) is 11.0. The van der Waals surface area contributed by atoms with Crippen LogP contribution in [0.2, 0.25) is 33.0 Å². The van der Waals surface area contributed by atoms with Crippen molar-refractivity contribution < 1.29 is 4.39 Å². The molecule has 2 radical (unpaired) electrons. The van der Waals surface area contributed by atoms with Crippen molar-refractivity contribution in [2.75, 3.05) is 0 Å². The van der Waals surface area contributed by atoms with Gasteiger partial charge in [-0.3, -0.25) is 0 Å². The zero-order chi connectivity index (χ0) is 20.3. The molecule has 0 amide bonds. The van der Waals surface area contributed by atoms with Gasteiger partial charge in [-0.15, -0.1) is 0 Å². The molecule has 0 saturated heterocycles. The van der Waals surface area contributed by atoms with Crippen LogP contribution in [0.15, 0.2) is 30.0 Å². The summed E-state index contributed by atoms with van der Waals surface area (Å²) in [6, 6.07) is 7.55. The average Bonchev–Trinajstić information content (AvgIpc) is 2.61. The Kier molecular flexibility index (Phi) is 11.8. The van der Waals surface area contributed by atoms with E-state index in [1.165, 1.54) is 57.4 Å². The summed E-state index contributed by atoms with van der Waals surface area (Å²) in [4.78, 5) is 0. The minimum absolute atomic E-state index is 0.0728. The third kappa shape index (κ3) is 8.99. The molecule has 1 aromatic rings. The van der Waals surface area contributed by atoms with E-state index in [9.17, 15) is 4.39 Å². The Labute approximate surface area is 175 Å². The van der Waals surface area contributed by atoms with Crippen LogP contribution in [0.25, 0.3) is 3.59 Å². The standard InChI is InChI=1S/C11H14FSi2.3C4H9.Sn/c1-14(2,3)13-8-7-10-5-4-6-11(12)9-10;3*1-3-4-2;/h4-6,8-9H,1-3H3;3*1,3-4H2,2H3;. The van der Waals surface area contributed by atoms with Crippen molar-refractivity contribution in [1.82, 2.24) is 0 Å². The van der Waals surface area contributed by atoms with E-state index in [4.69, 9.17) is 0 Å². The molecule has 1 aromatic carbocycles. The van der Waals surface area contributed by atoms with Gasteiger partial charge in [0.25, 0.3) is 0 Å². The van der Waals surface area contributed by atoms with E-state index >= 15 is 0 Å². The second-order valence-corrected chi connectivity index (χ2v) is 32.6. The Bertz CT molecular complexity index is 556. The first kappa shape index (κ1) is 25.2. The van der Waals surface area contributed by atoms with E-state index in [2.05, 4.69) is 52.2 Å². The summed E-state index contributed by atoms with van der Waals surface area (Å²) in [5.74, 6) is -0.0728. The van der Waals surface area contributed by atoms with E-state index in [0.717, 1.165) is 9.04 Å². The van der Waals surface area contributed by atoms with Gasteiger partial charge in [0, 0.05) is 0 Å². The van der Waals surface area contributed by atoms with Crippen LogP contribution in [-0.4, -0.2) is 35.0 Å². The van der Waals surface area contributed by atoms with Gasteiger partial charge in [-0.25, -0.2) is 0 Å². The Morgan fingerprint density at radius 1 is 0.963 bits per heavy atom. The van der Waals surface area contributed by atoms with Gasteiger partial charge in [-0.05, 0) is 0 Å². The van der Waals surface area contributed by atoms with Crippen LogP contribution in [-0.2, 0) is 0 Å². The zero-order valence-electron chi connectivity index (χ0n) is 18.6. The number of rotatable bonds is 13. The van der Waals surface area contributed by atoms with Crippen molar-refractivity contribution in [3.05, 3.63) is 41.3 Å². The molecule has 0 N–H and O–H groups in total. The molecule has 0 fully saturated rings. The molecule has 0 nitrogen and oxygen atoms in total. The molecule has 1 rings (SSSR count). The van der Waals surface area contributed by atoms with Crippen LogP contribution in [0.1, 0.15) is 64.9 Å². The summed E-state index contributed by atoms with van der Waals surface area (Å²) >= 11 is -2.57. The van der Waals surface area contributed by atoms with Gasteiger partial charge in [0.2, 0.25) is 0 Å².